The normalized spacial score (nSPS) is 19.2. The Morgan fingerprint density at radius 3 is 2.63 bits per heavy atom. The SMILES string of the molecule is Cc1cc(I)ccc1NC(=O)CN1C(=O)NC(C)(c2ccccc2Cl)C1=O. The Balaban J connectivity index is 1.78. The molecule has 1 atom stereocenters. The van der Waals surface area contributed by atoms with Gasteiger partial charge in [0.25, 0.3) is 5.91 Å². The van der Waals surface area contributed by atoms with Crippen molar-refractivity contribution >= 4 is 57.7 Å². The lowest BCUT2D eigenvalue weighted by Gasteiger charge is -2.23. The molecule has 0 saturated carbocycles. The largest absolute Gasteiger partial charge is 0.325 e. The maximum absolute atomic E-state index is 12.9. The Kier molecular flexibility index (Phi) is 5.43. The van der Waals surface area contributed by atoms with Crippen LogP contribution in [0.15, 0.2) is 42.5 Å². The average molecular weight is 498 g/mol. The van der Waals surface area contributed by atoms with E-state index in [1.165, 1.54) is 0 Å². The zero-order valence-corrected chi connectivity index (χ0v) is 17.6. The third kappa shape index (κ3) is 3.79. The van der Waals surface area contributed by atoms with Gasteiger partial charge in [-0.05, 0) is 66.3 Å². The lowest BCUT2D eigenvalue weighted by atomic mass is 9.92. The van der Waals surface area contributed by atoms with Crippen LogP contribution in [-0.4, -0.2) is 29.3 Å². The molecule has 0 aromatic heterocycles. The number of urea groups is 1. The van der Waals surface area contributed by atoms with Gasteiger partial charge in [0.2, 0.25) is 5.91 Å². The summed E-state index contributed by atoms with van der Waals surface area (Å²) in [4.78, 5) is 38.5. The zero-order chi connectivity index (χ0) is 19.8. The van der Waals surface area contributed by atoms with Crippen LogP contribution in [0.3, 0.4) is 0 Å². The molecule has 4 amide bonds. The van der Waals surface area contributed by atoms with Crippen LogP contribution >= 0.6 is 34.2 Å². The standard InChI is InChI=1S/C19H17ClIN3O3/c1-11-9-12(21)7-8-15(11)22-16(25)10-24-17(26)19(2,23-18(24)27)13-5-3-4-6-14(13)20/h3-9H,10H2,1-2H3,(H,22,25)(H,23,27). The molecule has 0 spiro atoms. The van der Waals surface area contributed by atoms with Crippen LogP contribution in [0.2, 0.25) is 5.02 Å². The number of carbonyl (C=O) groups excluding carboxylic acids is 3. The molecule has 0 aliphatic carbocycles. The van der Waals surface area contributed by atoms with Gasteiger partial charge in [0.1, 0.15) is 12.1 Å². The first kappa shape index (κ1) is 19.6. The van der Waals surface area contributed by atoms with E-state index in [-0.39, 0.29) is 6.54 Å². The van der Waals surface area contributed by atoms with Gasteiger partial charge in [0.15, 0.2) is 0 Å². The van der Waals surface area contributed by atoms with Gasteiger partial charge >= 0.3 is 6.03 Å². The van der Waals surface area contributed by atoms with E-state index in [1.54, 1.807) is 37.3 Å². The third-order valence-corrected chi connectivity index (χ3v) is 5.45. The Bertz CT molecular complexity index is 950. The zero-order valence-electron chi connectivity index (χ0n) is 14.7. The molecule has 1 unspecified atom stereocenters. The molecule has 1 heterocycles. The molecule has 1 saturated heterocycles. The van der Waals surface area contributed by atoms with Crippen molar-refractivity contribution in [3.05, 3.63) is 62.2 Å². The topological polar surface area (TPSA) is 78.5 Å². The van der Waals surface area contributed by atoms with E-state index in [2.05, 4.69) is 33.2 Å². The summed E-state index contributed by atoms with van der Waals surface area (Å²) >= 11 is 8.38. The van der Waals surface area contributed by atoms with Crippen LogP contribution in [0.5, 0.6) is 0 Å². The quantitative estimate of drug-likeness (QED) is 0.500. The van der Waals surface area contributed by atoms with Crippen molar-refractivity contribution < 1.29 is 14.4 Å². The van der Waals surface area contributed by atoms with Gasteiger partial charge in [-0.3, -0.25) is 14.5 Å². The van der Waals surface area contributed by atoms with E-state index >= 15 is 0 Å². The molecule has 27 heavy (non-hydrogen) atoms. The van der Waals surface area contributed by atoms with Gasteiger partial charge in [-0.15, -0.1) is 0 Å². The van der Waals surface area contributed by atoms with Crippen molar-refractivity contribution in [1.82, 2.24) is 10.2 Å². The predicted molar refractivity (Wildman–Crippen MR) is 112 cm³/mol. The van der Waals surface area contributed by atoms with Gasteiger partial charge in [0.05, 0.1) is 0 Å². The van der Waals surface area contributed by atoms with E-state index in [0.717, 1.165) is 14.0 Å². The number of halogens is 2. The van der Waals surface area contributed by atoms with E-state index in [4.69, 9.17) is 11.6 Å². The molecule has 2 N–H and O–H groups in total. The van der Waals surface area contributed by atoms with Crippen LogP contribution in [0.4, 0.5) is 10.5 Å². The molecule has 2 aromatic rings. The van der Waals surface area contributed by atoms with Crippen molar-refractivity contribution in [1.29, 1.82) is 0 Å². The molecule has 0 bridgehead atoms. The van der Waals surface area contributed by atoms with Gasteiger partial charge in [-0.1, -0.05) is 29.8 Å². The first-order valence-electron chi connectivity index (χ1n) is 8.17. The fourth-order valence-electron chi connectivity index (χ4n) is 2.99. The van der Waals surface area contributed by atoms with Gasteiger partial charge in [0, 0.05) is 19.8 Å². The monoisotopic (exact) mass is 497 g/mol. The average Bonchev–Trinajstić information content (AvgIpc) is 2.82. The summed E-state index contributed by atoms with van der Waals surface area (Å²) in [6.45, 7) is 3.08. The summed E-state index contributed by atoms with van der Waals surface area (Å²) in [5, 5.41) is 5.76. The first-order chi connectivity index (χ1) is 12.7. The predicted octanol–water partition coefficient (Wildman–Crippen LogP) is 3.66. The number of hydrogen-bond donors (Lipinski definition) is 2. The number of rotatable bonds is 4. The second-order valence-corrected chi connectivity index (χ2v) is 8.09. The lowest BCUT2D eigenvalue weighted by Crippen LogP contribution is -2.42. The second kappa shape index (κ2) is 7.47. The highest BCUT2D eigenvalue weighted by Crippen LogP contribution is 2.33. The maximum atomic E-state index is 12.9. The number of aryl methyl sites for hydroxylation is 1. The number of benzene rings is 2. The lowest BCUT2D eigenvalue weighted by molar-refractivity contribution is -0.133. The minimum Gasteiger partial charge on any atom is -0.324 e. The highest BCUT2D eigenvalue weighted by molar-refractivity contribution is 14.1. The molecule has 1 aliphatic heterocycles. The molecular weight excluding hydrogens is 481 g/mol. The summed E-state index contributed by atoms with van der Waals surface area (Å²) in [6, 6.07) is 11.8. The molecular formula is C19H17ClIN3O3. The fourth-order valence-corrected chi connectivity index (χ4v) is 3.96. The summed E-state index contributed by atoms with van der Waals surface area (Å²) in [5.74, 6) is -0.971. The number of hydrogen-bond acceptors (Lipinski definition) is 3. The highest BCUT2D eigenvalue weighted by atomic mass is 127. The van der Waals surface area contributed by atoms with Crippen molar-refractivity contribution in [2.75, 3.05) is 11.9 Å². The van der Waals surface area contributed by atoms with E-state index in [9.17, 15) is 14.4 Å². The number of carbonyl (C=O) groups is 3. The number of amides is 4. The molecule has 2 aromatic carbocycles. The third-order valence-electron chi connectivity index (χ3n) is 4.45. The molecule has 140 valence electrons. The Morgan fingerprint density at radius 2 is 1.96 bits per heavy atom. The van der Waals surface area contributed by atoms with Gasteiger partial charge in [-0.2, -0.15) is 0 Å². The smallest absolute Gasteiger partial charge is 0.324 e. The Labute approximate surface area is 175 Å². The minimum absolute atomic E-state index is 0.370. The van der Waals surface area contributed by atoms with Crippen molar-refractivity contribution in [3.63, 3.8) is 0 Å². The number of anilines is 1. The van der Waals surface area contributed by atoms with E-state index in [1.807, 2.05) is 19.1 Å². The summed E-state index contributed by atoms with van der Waals surface area (Å²) in [7, 11) is 0. The first-order valence-corrected chi connectivity index (χ1v) is 9.63. The van der Waals surface area contributed by atoms with Crippen LogP contribution in [0.1, 0.15) is 18.1 Å². The van der Waals surface area contributed by atoms with E-state index in [0.29, 0.717) is 16.3 Å². The number of imide groups is 1. The Morgan fingerprint density at radius 1 is 1.26 bits per heavy atom. The molecule has 1 fully saturated rings. The van der Waals surface area contributed by atoms with Crippen LogP contribution in [-0.2, 0) is 15.1 Å². The molecule has 6 nitrogen and oxygen atoms in total. The van der Waals surface area contributed by atoms with E-state index < -0.39 is 23.4 Å². The van der Waals surface area contributed by atoms with Crippen LogP contribution < -0.4 is 10.6 Å². The van der Waals surface area contributed by atoms with Crippen molar-refractivity contribution in [2.45, 2.75) is 19.4 Å². The summed E-state index contributed by atoms with van der Waals surface area (Å²) in [5.41, 5.74) is 0.713. The molecule has 8 heteroatoms. The maximum Gasteiger partial charge on any atom is 0.325 e. The summed E-state index contributed by atoms with van der Waals surface area (Å²) in [6.07, 6.45) is 0. The highest BCUT2D eigenvalue weighted by Gasteiger charge is 2.50. The molecule has 0 radical (unpaired) electrons. The minimum atomic E-state index is -1.31. The van der Waals surface area contributed by atoms with Gasteiger partial charge < -0.3 is 10.6 Å². The number of nitrogens with one attached hydrogen (secondary N) is 2. The fraction of sp³-hybridized carbons (Fsp3) is 0.211. The van der Waals surface area contributed by atoms with Crippen molar-refractivity contribution in [3.8, 4) is 0 Å². The number of nitrogens with zero attached hydrogens (tertiary/aromatic N) is 1. The van der Waals surface area contributed by atoms with Crippen molar-refractivity contribution in [2.24, 2.45) is 0 Å². The molecule has 3 rings (SSSR count). The van der Waals surface area contributed by atoms with Crippen LogP contribution in [0, 0.1) is 10.5 Å². The second-order valence-electron chi connectivity index (χ2n) is 6.43. The van der Waals surface area contributed by atoms with Crippen LogP contribution in [0.25, 0.3) is 0 Å². The molecule has 1 aliphatic rings. The Hall–Kier alpha value is -2.13. The summed E-state index contributed by atoms with van der Waals surface area (Å²) < 4.78 is 1.05. The van der Waals surface area contributed by atoms with Gasteiger partial charge in [-0.25, -0.2) is 4.79 Å².